The number of pyridine rings is 1. The number of hydrogen-bond acceptors (Lipinski definition) is 6. The summed E-state index contributed by atoms with van der Waals surface area (Å²) < 4.78 is 5.35. The molecule has 1 N–H and O–H groups in total. The maximum Gasteiger partial charge on any atom is 0.269 e. The van der Waals surface area contributed by atoms with Gasteiger partial charge in [0.05, 0.1) is 18.9 Å². The summed E-state index contributed by atoms with van der Waals surface area (Å²) >= 11 is 0. The quantitative estimate of drug-likeness (QED) is 0.882. The Morgan fingerprint density at radius 2 is 2.04 bits per heavy atom. The highest BCUT2D eigenvalue weighted by Gasteiger charge is 2.18. The van der Waals surface area contributed by atoms with Crippen LogP contribution in [0.2, 0.25) is 0 Å². The summed E-state index contributed by atoms with van der Waals surface area (Å²) in [6.45, 7) is 6.00. The van der Waals surface area contributed by atoms with E-state index >= 15 is 0 Å². The van der Waals surface area contributed by atoms with Crippen LogP contribution in [0.4, 0.5) is 0 Å². The summed E-state index contributed by atoms with van der Waals surface area (Å²) in [5.41, 5.74) is 1.86. The molecule has 0 radical (unpaired) electrons. The van der Waals surface area contributed by atoms with Gasteiger partial charge in [-0.1, -0.05) is 6.07 Å². The molecule has 0 aromatic carbocycles. The van der Waals surface area contributed by atoms with Crippen molar-refractivity contribution in [1.82, 2.24) is 25.2 Å². The van der Waals surface area contributed by atoms with Crippen LogP contribution in [0.15, 0.2) is 36.9 Å². The number of morpholine rings is 1. The Kier molecular flexibility index (Phi) is 5.45. The van der Waals surface area contributed by atoms with Gasteiger partial charge < -0.3 is 10.1 Å². The van der Waals surface area contributed by atoms with Crippen LogP contribution >= 0.6 is 0 Å². The second-order valence-corrected chi connectivity index (χ2v) is 5.74. The molecule has 1 aliphatic rings. The number of carbonyl (C=O) groups excluding carboxylic acids is 1. The Hall–Kier alpha value is -2.38. The van der Waals surface area contributed by atoms with Crippen LogP contribution in [0.5, 0.6) is 0 Å². The van der Waals surface area contributed by atoms with Crippen molar-refractivity contribution in [3.8, 4) is 11.3 Å². The standard InChI is InChI=1S/C17H21N5O2/c1-13(22-5-7-24-8-6-22)9-20-17(23)16-4-2-3-15(21-16)14-10-18-12-19-11-14/h2-4,10-13H,5-9H2,1H3,(H,20,23)/t13-/m0/s1. The lowest BCUT2D eigenvalue weighted by atomic mass is 10.2. The molecule has 0 spiro atoms. The van der Waals surface area contributed by atoms with Gasteiger partial charge in [-0.25, -0.2) is 15.0 Å². The van der Waals surface area contributed by atoms with Gasteiger partial charge in [-0.3, -0.25) is 9.69 Å². The Balaban J connectivity index is 1.61. The molecule has 1 saturated heterocycles. The smallest absolute Gasteiger partial charge is 0.269 e. The molecule has 1 amide bonds. The van der Waals surface area contributed by atoms with Crippen LogP contribution in [0, 0.1) is 0 Å². The van der Waals surface area contributed by atoms with Crippen molar-refractivity contribution in [3.63, 3.8) is 0 Å². The van der Waals surface area contributed by atoms with Gasteiger partial charge in [-0.05, 0) is 19.1 Å². The van der Waals surface area contributed by atoms with Crippen LogP contribution in [-0.2, 0) is 4.74 Å². The van der Waals surface area contributed by atoms with Gasteiger partial charge in [0.1, 0.15) is 12.0 Å². The highest BCUT2D eigenvalue weighted by atomic mass is 16.5. The monoisotopic (exact) mass is 327 g/mol. The first-order valence-corrected chi connectivity index (χ1v) is 8.06. The lowest BCUT2D eigenvalue weighted by Gasteiger charge is -2.32. The zero-order chi connectivity index (χ0) is 16.8. The summed E-state index contributed by atoms with van der Waals surface area (Å²) in [6.07, 6.45) is 4.82. The summed E-state index contributed by atoms with van der Waals surface area (Å²) in [5, 5.41) is 2.96. The third-order valence-corrected chi connectivity index (χ3v) is 4.07. The number of ether oxygens (including phenoxy) is 1. The molecule has 2 aromatic heterocycles. The van der Waals surface area contributed by atoms with E-state index in [4.69, 9.17) is 4.74 Å². The van der Waals surface area contributed by atoms with Crippen LogP contribution in [0.25, 0.3) is 11.3 Å². The fourth-order valence-electron chi connectivity index (χ4n) is 2.63. The number of amides is 1. The van der Waals surface area contributed by atoms with Gasteiger partial charge in [-0.15, -0.1) is 0 Å². The highest BCUT2D eigenvalue weighted by Crippen LogP contribution is 2.14. The minimum absolute atomic E-state index is 0.172. The number of aromatic nitrogens is 3. The van der Waals surface area contributed by atoms with Crippen LogP contribution in [-0.4, -0.2) is 64.6 Å². The van der Waals surface area contributed by atoms with Crippen molar-refractivity contribution < 1.29 is 9.53 Å². The molecule has 0 unspecified atom stereocenters. The average molecular weight is 327 g/mol. The van der Waals surface area contributed by atoms with E-state index in [0.29, 0.717) is 17.9 Å². The predicted octanol–water partition coefficient (Wildman–Crippen LogP) is 0.989. The summed E-state index contributed by atoms with van der Waals surface area (Å²) in [7, 11) is 0. The van der Waals surface area contributed by atoms with Crippen molar-refractivity contribution in [2.24, 2.45) is 0 Å². The number of rotatable bonds is 5. The number of hydrogen-bond donors (Lipinski definition) is 1. The van der Waals surface area contributed by atoms with Gasteiger partial charge in [-0.2, -0.15) is 0 Å². The largest absolute Gasteiger partial charge is 0.379 e. The molecular formula is C17H21N5O2. The molecule has 3 heterocycles. The Morgan fingerprint density at radius 1 is 1.29 bits per heavy atom. The zero-order valence-electron chi connectivity index (χ0n) is 13.7. The molecule has 0 saturated carbocycles. The molecular weight excluding hydrogens is 306 g/mol. The van der Waals surface area contributed by atoms with E-state index in [1.54, 1.807) is 18.5 Å². The molecule has 1 fully saturated rings. The summed E-state index contributed by atoms with van der Waals surface area (Å²) in [6, 6.07) is 5.63. The second kappa shape index (κ2) is 7.94. The number of nitrogens with zero attached hydrogens (tertiary/aromatic N) is 4. The molecule has 7 nitrogen and oxygen atoms in total. The van der Waals surface area contributed by atoms with Gasteiger partial charge in [0.2, 0.25) is 0 Å². The number of carbonyl (C=O) groups is 1. The molecule has 1 atom stereocenters. The molecule has 3 rings (SSSR count). The minimum Gasteiger partial charge on any atom is -0.379 e. The summed E-state index contributed by atoms with van der Waals surface area (Å²) in [4.78, 5) is 27.0. The van der Waals surface area contributed by atoms with Gasteiger partial charge in [0, 0.05) is 43.6 Å². The topological polar surface area (TPSA) is 80.2 Å². The maximum atomic E-state index is 12.4. The van der Waals surface area contributed by atoms with E-state index in [1.165, 1.54) is 6.33 Å². The molecule has 1 aliphatic heterocycles. The van der Waals surface area contributed by atoms with Crippen molar-refractivity contribution in [2.45, 2.75) is 13.0 Å². The van der Waals surface area contributed by atoms with Gasteiger partial charge in [0.25, 0.3) is 5.91 Å². The minimum atomic E-state index is -0.172. The van der Waals surface area contributed by atoms with Crippen LogP contribution in [0.3, 0.4) is 0 Å². The predicted molar refractivity (Wildman–Crippen MR) is 89.5 cm³/mol. The number of nitrogens with one attached hydrogen (secondary N) is 1. The Morgan fingerprint density at radius 3 is 2.79 bits per heavy atom. The zero-order valence-corrected chi connectivity index (χ0v) is 13.7. The average Bonchev–Trinajstić information content (AvgIpc) is 2.67. The van der Waals surface area contributed by atoms with Crippen LogP contribution in [0.1, 0.15) is 17.4 Å². The first-order chi connectivity index (χ1) is 11.7. The third-order valence-electron chi connectivity index (χ3n) is 4.07. The Labute approximate surface area is 141 Å². The van der Waals surface area contributed by atoms with E-state index < -0.39 is 0 Å². The van der Waals surface area contributed by atoms with Crippen molar-refractivity contribution in [1.29, 1.82) is 0 Å². The molecule has 126 valence electrons. The fourth-order valence-corrected chi connectivity index (χ4v) is 2.63. The fraction of sp³-hybridized carbons (Fsp3) is 0.412. The van der Waals surface area contributed by atoms with E-state index in [9.17, 15) is 4.79 Å². The lowest BCUT2D eigenvalue weighted by Crippen LogP contribution is -2.47. The van der Waals surface area contributed by atoms with Crippen molar-refractivity contribution in [3.05, 3.63) is 42.6 Å². The summed E-state index contributed by atoms with van der Waals surface area (Å²) in [5.74, 6) is -0.172. The van der Waals surface area contributed by atoms with Crippen LogP contribution < -0.4 is 5.32 Å². The molecule has 24 heavy (non-hydrogen) atoms. The van der Waals surface area contributed by atoms with Gasteiger partial charge >= 0.3 is 0 Å². The van der Waals surface area contributed by atoms with E-state index in [-0.39, 0.29) is 11.9 Å². The first-order valence-electron chi connectivity index (χ1n) is 8.06. The third kappa shape index (κ3) is 4.12. The van der Waals surface area contributed by atoms with Gasteiger partial charge in [0.15, 0.2) is 0 Å². The molecule has 2 aromatic rings. The normalized spacial score (nSPS) is 16.5. The molecule has 0 bridgehead atoms. The molecule has 7 heteroatoms. The van der Waals surface area contributed by atoms with E-state index in [0.717, 1.165) is 31.9 Å². The van der Waals surface area contributed by atoms with E-state index in [2.05, 4.69) is 32.1 Å². The van der Waals surface area contributed by atoms with Crippen molar-refractivity contribution in [2.75, 3.05) is 32.8 Å². The Bertz CT molecular complexity index is 674. The second-order valence-electron chi connectivity index (χ2n) is 5.74. The maximum absolute atomic E-state index is 12.4. The SMILES string of the molecule is C[C@@H](CNC(=O)c1cccc(-c2cncnc2)n1)N1CCOCC1. The van der Waals surface area contributed by atoms with E-state index in [1.807, 2.05) is 12.1 Å². The molecule has 0 aliphatic carbocycles. The first kappa shape index (κ1) is 16.5. The highest BCUT2D eigenvalue weighted by molar-refractivity contribution is 5.92. The van der Waals surface area contributed by atoms with Crippen molar-refractivity contribution >= 4 is 5.91 Å². The lowest BCUT2D eigenvalue weighted by molar-refractivity contribution is 0.0204.